The molecule has 7 heteroatoms. The summed E-state index contributed by atoms with van der Waals surface area (Å²) in [7, 11) is 0. The van der Waals surface area contributed by atoms with Gasteiger partial charge in [0, 0.05) is 5.69 Å². The summed E-state index contributed by atoms with van der Waals surface area (Å²) in [5.74, 6) is -2.31. The molecule has 0 saturated carbocycles. The monoisotopic (exact) mass is 331 g/mol. The summed E-state index contributed by atoms with van der Waals surface area (Å²) in [5, 5.41) is 31.2. The second-order valence-corrected chi connectivity index (χ2v) is 5.25. The van der Waals surface area contributed by atoms with Crippen molar-refractivity contribution in [1.29, 1.82) is 0 Å². The Balaban J connectivity index is 2.10. The number of carbonyl (C=O) groups excluding carboxylic acids is 2. The standard InChI is InChI=1S/C16H10ClNO5/c17-13-14(18-7-1-3-8(19)4-2-7)16(23)12-10(21)6-5-9(20)11(12)15(13)22/h1-6,18-21H. The molecule has 2 aromatic rings. The number of hydrogen-bond acceptors (Lipinski definition) is 6. The van der Waals surface area contributed by atoms with E-state index in [1.54, 1.807) is 0 Å². The highest BCUT2D eigenvalue weighted by Crippen LogP contribution is 2.38. The maximum absolute atomic E-state index is 12.5. The van der Waals surface area contributed by atoms with Gasteiger partial charge in [-0.15, -0.1) is 0 Å². The van der Waals surface area contributed by atoms with Crippen LogP contribution in [0, 0.1) is 0 Å². The molecule has 0 spiro atoms. The van der Waals surface area contributed by atoms with E-state index in [0.717, 1.165) is 12.1 Å². The van der Waals surface area contributed by atoms with Crippen molar-refractivity contribution >= 4 is 28.9 Å². The normalized spacial score (nSPS) is 14.0. The number of hydrogen-bond donors (Lipinski definition) is 4. The van der Waals surface area contributed by atoms with Crippen LogP contribution in [-0.2, 0) is 0 Å². The smallest absolute Gasteiger partial charge is 0.215 e. The molecule has 6 nitrogen and oxygen atoms in total. The number of carbonyl (C=O) groups is 2. The zero-order valence-electron chi connectivity index (χ0n) is 11.5. The largest absolute Gasteiger partial charge is 0.508 e. The minimum atomic E-state index is -0.768. The van der Waals surface area contributed by atoms with Crippen LogP contribution in [0.5, 0.6) is 17.2 Å². The van der Waals surface area contributed by atoms with Crippen LogP contribution in [0.3, 0.4) is 0 Å². The Morgan fingerprint density at radius 1 is 0.783 bits per heavy atom. The van der Waals surface area contributed by atoms with Crippen molar-refractivity contribution in [1.82, 2.24) is 0 Å². The number of anilines is 1. The van der Waals surface area contributed by atoms with Gasteiger partial charge in [-0.25, -0.2) is 0 Å². The number of allylic oxidation sites excluding steroid dienone is 2. The molecule has 23 heavy (non-hydrogen) atoms. The molecule has 0 unspecified atom stereocenters. The fraction of sp³-hybridized carbons (Fsp3) is 0. The van der Waals surface area contributed by atoms with Crippen molar-refractivity contribution in [2.45, 2.75) is 0 Å². The van der Waals surface area contributed by atoms with Crippen LogP contribution in [-0.4, -0.2) is 26.9 Å². The predicted octanol–water partition coefficient (Wildman–Crippen LogP) is 2.74. The molecule has 0 aromatic heterocycles. The number of phenols is 3. The van der Waals surface area contributed by atoms with Crippen molar-refractivity contribution < 1.29 is 24.9 Å². The highest BCUT2D eigenvalue weighted by Gasteiger charge is 2.36. The van der Waals surface area contributed by atoms with E-state index < -0.39 is 28.1 Å². The molecule has 0 bridgehead atoms. The number of fused-ring (bicyclic) bond motifs is 1. The zero-order chi connectivity index (χ0) is 16.7. The quantitative estimate of drug-likeness (QED) is 0.630. The van der Waals surface area contributed by atoms with Crippen LogP contribution < -0.4 is 5.32 Å². The Morgan fingerprint density at radius 3 is 1.87 bits per heavy atom. The topological polar surface area (TPSA) is 107 Å². The van der Waals surface area contributed by atoms with Gasteiger partial charge in [-0.3, -0.25) is 9.59 Å². The number of benzene rings is 2. The minimum absolute atomic E-state index is 0.0367. The van der Waals surface area contributed by atoms with E-state index in [-0.39, 0.29) is 22.6 Å². The molecule has 2 aromatic carbocycles. The molecule has 1 aliphatic rings. The van der Waals surface area contributed by atoms with Gasteiger partial charge in [0.1, 0.15) is 28.0 Å². The Kier molecular flexibility index (Phi) is 3.46. The first-order chi connectivity index (χ1) is 10.9. The number of Topliss-reactive ketones (excluding diaryl/α,β-unsaturated/α-hetero) is 2. The summed E-state index contributed by atoms with van der Waals surface area (Å²) in [6, 6.07) is 8.00. The highest BCUT2D eigenvalue weighted by molar-refractivity contribution is 6.50. The summed E-state index contributed by atoms with van der Waals surface area (Å²) in [5.41, 5.74) is -0.423. The lowest BCUT2D eigenvalue weighted by Crippen LogP contribution is -2.24. The molecule has 3 rings (SSSR count). The van der Waals surface area contributed by atoms with Gasteiger partial charge in [-0.1, -0.05) is 11.6 Å². The van der Waals surface area contributed by atoms with Crippen molar-refractivity contribution in [3.8, 4) is 17.2 Å². The first-order valence-corrected chi connectivity index (χ1v) is 6.88. The lowest BCUT2D eigenvalue weighted by Gasteiger charge is -2.20. The number of ketones is 2. The second kappa shape index (κ2) is 5.33. The van der Waals surface area contributed by atoms with Gasteiger partial charge in [0.15, 0.2) is 0 Å². The van der Waals surface area contributed by atoms with E-state index in [1.807, 2.05) is 0 Å². The van der Waals surface area contributed by atoms with Gasteiger partial charge in [0.05, 0.1) is 11.1 Å². The Bertz CT molecular complexity index is 871. The number of halogens is 1. The second-order valence-electron chi connectivity index (χ2n) is 4.87. The van der Waals surface area contributed by atoms with Crippen molar-refractivity contribution in [2.75, 3.05) is 5.32 Å². The fourth-order valence-corrected chi connectivity index (χ4v) is 2.52. The summed E-state index contributed by atoms with van der Waals surface area (Å²) >= 11 is 5.97. The van der Waals surface area contributed by atoms with Gasteiger partial charge >= 0.3 is 0 Å². The molecule has 0 fully saturated rings. The van der Waals surface area contributed by atoms with Crippen molar-refractivity contribution in [2.24, 2.45) is 0 Å². The Hall–Kier alpha value is -2.99. The average molecular weight is 332 g/mol. The number of phenolic OH excluding ortho intramolecular Hbond substituents is 3. The van der Waals surface area contributed by atoms with Gasteiger partial charge in [0.2, 0.25) is 11.6 Å². The number of rotatable bonds is 2. The van der Waals surface area contributed by atoms with Crippen LogP contribution in [0.1, 0.15) is 20.7 Å². The number of aromatic hydroxyl groups is 3. The third kappa shape index (κ3) is 2.39. The number of nitrogens with one attached hydrogen (secondary N) is 1. The van der Waals surface area contributed by atoms with Crippen LogP contribution >= 0.6 is 11.6 Å². The van der Waals surface area contributed by atoms with Crippen molar-refractivity contribution in [3.63, 3.8) is 0 Å². The van der Waals surface area contributed by atoms with Crippen LogP contribution in [0.4, 0.5) is 5.69 Å². The average Bonchev–Trinajstić information content (AvgIpc) is 2.53. The lowest BCUT2D eigenvalue weighted by atomic mass is 9.90. The molecule has 0 amide bonds. The minimum Gasteiger partial charge on any atom is -0.508 e. The van der Waals surface area contributed by atoms with Gasteiger partial charge < -0.3 is 20.6 Å². The summed E-state index contributed by atoms with van der Waals surface area (Å²) in [6.07, 6.45) is 0. The summed E-state index contributed by atoms with van der Waals surface area (Å²) < 4.78 is 0. The third-order valence-corrected chi connectivity index (χ3v) is 3.76. The molecule has 0 saturated heterocycles. The molecular weight excluding hydrogens is 322 g/mol. The van der Waals surface area contributed by atoms with E-state index >= 15 is 0 Å². The van der Waals surface area contributed by atoms with Crippen LogP contribution in [0.2, 0.25) is 0 Å². The maximum Gasteiger partial charge on any atom is 0.215 e. The molecule has 4 N–H and O–H groups in total. The van der Waals surface area contributed by atoms with E-state index in [0.29, 0.717) is 5.69 Å². The molecular formula is C16H10ClNO5. The van der Waals surface area contributed by atoms with Crippen LogP contribution in [0.25, 0.3) is 0 Å². The van der Waals surface area contributed by atoms with E-state index in [9.17, 15) is 24.9 Å². The molecule has 0 radical (unpaired) electrons. The van der Waals surface area contributed by atoms with Crippen LogP contribution in [0.15, 0.2) is 47.1 Å². The maximum atomic E-state index is 12.5. The summed E-state index contributed by atoms with van der Waals surface area (Å²) in [6.45, 7) is 0. The van der Waals surface area contributed by atoms with Gasteiger partial charge in [0.25, 0.3) is 0 Å². The lowest BCUT2D eigenvalue weighted by molar-refractivity contribution is 0.0977. The van der Waals surface area contributed by atoms with Gasteiger partial charge in [-0.05, 0) is 36.4 Å². The third-order valence-electron chi connectivity index (χ3n) is 3.40. The predicted molar refractivity (Wildman–Crippen MR) is 83.0 cm³/mol. The molecule has 0 heterocycles. The Labute approximate surface area is 135 Å². The highest BCUT2D eigenvalue weighted by atomic mass is 35.5. The van der Waals surface area contributed by atoms with E-state index in [2.05, 4.69) is 5.32 Å². The molecule has 0 atom stereocenters. The van der Waals surface area contributed by atoms with Crippen molar-refractivity contribution in [3.05, 3.63) is 58.3 Å². The Morgan fingerprint density at radius 2 is 1.30 bits per heavy atom. The SMILES string of the molecule is O=C1C(Cl)=C(Nc2ccc(O)cc2)C(=O)c2c(O)ccc(O)c21. The molecule has 0 aliphatic heterocycles. The van der Waals surface area contributed by atoms with Gasteiger partial charge in [-0.2, -0.15) is 0 Å². The molecule has 1 aliphatic carbocycles. The first-order valence-electron chi connectivity index (χ1n) is 6.50. The first kappa shape index (κ1) is 14.9. The van der Waals surface area contributed by atoms with E-state index in [1.165, 1.54) is 24.3 Å². The zero-order valence-corrected chi connectivity index (χ0v) is 12.3. The summed E-state index contributed by atoms with van der Waals surface area (Å²) in [4.78, 5) is 24.8. The fourth-order valence-electron chi connectivity index (χ4n) is 2.29. The molecule has 116 valence electrons. The van der Waals surface area contributed by atoms with E-state index in [4.69, 9.17) is 11.6 Å².